The summed E-state index contributed by atoms with van der Waals surface area (Å²) in [6, 6.07) is 13.8. The SMILES string of the molecule is O=C(CCn1ccc2c(Br)cccc21)NCc1ccccn1. The molecule has 0 spiro atoms. The third-order valence-electron chi connectivity index (χ3n) is 3.53. The van der Waals surface area contributed by atoms with Gasteiger partial charge in [0.25, 0.3) is 0 Å². The highest BCUT2D eigenvalue weighted by Gasteiger charge is 2.06. The number of carbonyl (C=O) groups is 1. The maximum absolute atomic E-state index is 12.0. The Hall–Kier alpha value is -2.14. The average Bonchev–Trinajstić information content (AvgIpc) is 2.96. The fourth-order valence-corrected chi connectivity index (χ4v) is 2.87. The highest BCUT2D eigenvalue weighted by Crippen LogP contribution is 2.24. The first kappa shape index (κ1) is 14.8. The maximum atomic E-state index is 12.0. The van der Waals surface area contributed by atoms with E-state index >= 15 is 0 Å². The lowest BCUT2D eigenvalue weighted by Gasteiger charge is -2.07. The first-order valence-electron chi connectivity index (χ1n) is 7.14. The molecule has 1 amide bonds. The van der Waals surface area contributed by atoms with Crippen LogP contribution in [0.25, 0.3) is 10.9 Å². The van der Waals surface area contributed by atoms with Gasteiger partial charge in [-0.2, -0.15) is 0 Å². The van der Waals surface area contributed by atoms with Gasteiger partial charge in [0.1, 0.15) is 0 Å². The van der Waals surface area contributed by atoms with Gasteiger partial charge in [-0.15, -0.1) is 0 Å². The number of hydrogen-bond donors (Lipinski definition) is 1. The number of benzene rings is 1. The van der Waals surface area contributed by atoms with Crippen molar-refractivity contribution in [1.82, 2.24) is 14.9 Å². The van der Waals surface area contributed by atoms with Gasteiger partial charge in [0, 0.05) is 40.7 Å². The number of halogens is 1. The third kappa shape index (κ3) is 3.36. The van der Waals surface area contributed by atoms with Crippen molar-refractivity contribution in [2.24, 2.45) is 0 Å². The fourth-order valence-electron chi connectivity index (χ4n) is 2.38. The molecule has 0 unspecified atom stereocenters. The summed E-state index contributed by atoms with van der Waals surface area (Å²) in [6.07, 6.45) is 4.19. The Labute approximate surface area is 137 Å². The molecule has 112 valence electrons. The molecule has 0 saturated heterocycles. The zero-order chi connectivity index (χ0) is 15.4. The van der Waals surface area contributed by atoms with Crippen LogP contribution in [0.4, 0.5) is 0 Å². The molecule has 0 atom stereocenters. The molecule has 22 heavy (non-hydrogen) atoms. The van der Waals surface area contributed by atoms with Gasteiger partial charge < -0.3 is 9.88 Å². The van der Waals surface area contributed by atoms with Crippen molar-refractivity contribution in [3.63, 3.8) is 0 Å². The van der Waals surface area contributed by atoms with E-state index in [1.165, 1.54) is 0 Å². The van der Waals surface area contributed by atoms with Crippen LogP contribution in [0.1, 0.15) is 12.1 Å². The Morgan fingerprint density at radius 1 is 1.18 bits per heavy atom. The molecule has 0 radical (unpaired) electrons. The number of amides is 1. The molecule has 5 heteroatoms. The van der Waals surface area contributed by atoms with Gasteiger partial charge >= 0.3 is 0 Å². The molecule has 0 fully saturated rings. The van der Waals surface area contributed by atoms with Crippen LogP contribution in [0.5, 0.6) is 0 Å². The van der Waals surface area contributed by atoms with E-state index in [9.17, 15) is 4.79 Å². The van der Waals surface area contributed by atoms with E-state index < -0.39 is 0 Å². The van der Waals surface area contributed by atoms with E-state index in [0.717, 1.165) is 21.1 Å². The van der Waals surface area contributed by atoms with Crippen LogP contribution < -0.4 is 5.32 Å². The molecule has 0 bridgehead atoms. The Morgan fingerprint density at radius 3 is 2.91 bits per heavy atom. The van der Waals surface area contributed by atoms with Gasteiger partial charge in [-0.1, -0.05) is 28.1 Å². The van der Waals surface area contributed by atoms with E-state index in [1.807, 2.05) is 36.5 Å². The predicted molar refractivity (Wildman–Crippen MR) is 90.3 cm³/mol. The smallest absolute Gasteiger partial charge is 0.222 e. The second kappa shape index (κ2) is 6.75. The number of hydrogen-bond acceptors (Lipinski definition) is 2. The zero-order valence-corrected chi connectivity index (χ0v) is 13.6. The molecule has 0 saturated carbocycles. The van der Waals surface area contributed by atoms with Crippen LogP contribution in [0.2, 0.25) is 0 Å². The lowest BCUT2D eigenvalue weighted by Crippen LogP contribution is -2.24. The first-order valence-corrected chi connectivity index (χ1v) is 7.93. The normalized spacial score (nSPS) is 10.8. The molecule has 0 aliphatic rings. The molecular weight excluding hydrogens is 342 g/mol. The Balaban J connectivity index is 1.57. The van der Waals surface area contributed by atoms with E-state index in [2.05, 4.69) is 42.9 Å². The van der Waals surface area contributed by atoms with Crippen LogP contribution >= 0.6 is 15.9 Å². The number of nitrogens with one attached hydrogen (secondary N) is 1. The summed E-state index contributed by atoms with van der Waals surface area (Å²) in [6.45, 7) is 1.13. The quantitative estimate of drug-likeness (QED) is 0.759. The van der Waals surface area contributed by atoms with Gasteiger partial charge in [-0.05, 0) is 30.3 Å². The molecule has 3 rings (SSSR count). The van der Waals surface area contributed by atoms with Gasteiger partial charge in [0.2, 0.25) is 5.91 Å². The summed E-state index contributed by atoms with van der Waals surface area (Å²) in [5, 5.41) is 4.06. The standard InChI is InChI=1S/C17H16BrN3O/c18-15-5-3-6-16-14(15)7-10-21(16)11-8-17(22)20-12-13-4-1-2-9-19-13/h1-7,9-10H,8,11-12H2,(H,20,22). The number of aromatic nitrogens is 2. The molecule has 2 heterocycles. The summed E-state index contributed by atoms with van der Waals surface area (Å²) in [4.78, 5) is 16.1. The van der Waals surface area contributed by atoms with Gasteiger partial charge in [-0.3, -0.25) is 9.78 Å². The number of rotatable bonds is 5. The van der Waals surface area contributed by atoms with Crippen LogP contribution in [0.3, 0.4) is 0 Å². The third-order valence-corrected chi connectivity index (χ3v) is 4.22. The molecule has 4 nitrogen and oxygen atoms in total. The molecule has 1 aromatic carbocycles. The average molecular weight is 358 g/mol. The molecule has 3 aromatic rings. The second-order valence-corrected chi connectivity index (χ2v) is 5.88. The lowest BCUT2D eigenvalue weighted by molar-refractivity contribution is -0.121. The number of pyridine rings is 1. The van der Waals surface area contributed by atoms with Crippen LogP contribution in [0, 0.1) is 0 Å². The minimum absolute atomic E-state index is 0.0301. The summed E-state index contributed by atoms with van der Waals surface area (Å²) in [5.74, 6) is 0.0301. The van der Waals surface area contributed by atoms with E-state index in [4.69, 9.17) is 0 Å². The van der Waals surface area contributed by atoms with Crippen molar-refractivity contribution in [3.8, 4) is 0 Å². The molecule has 1 N–H and O–H groups in total. The van der Waals surface area contributed by atoms with Crippen LogP contribution in [-0.4, -0.2) is 15.5 Å². The monoisotopic (exact) mass is 357 g/mol. The summed E-state index contributed by atoms with van der Waals surface area (Å²) >= 11 is 3.54. The molecule has 0 aliphatic heterocycles. The Bertz CT molecular complexity index is 783. The van der Waals surface area contributed by atoms with Crippen molar-refractivity contribution in [2.45, 2.75) is 19.5 Å². The minimum Gasteiger partial charge on any atom is -0.350 e. The van der Waals surface area contributed by atoms with Crippen molar-refractivity contribution in [2.75, 3.05) is 0 Å². The zero-order valence-electron chi connectivity index (χ0n) is 12.0. The van der Waals surface area contributed by atoms with Crippen LogP contribution in [-0.2, 0) is 17.9 Å². The lowest BCUT2D eigenvalue weighted by atomic mass is 10.2. The van der Waals surface area contributed by atoms with E-state index in [0.29, 0.717) is 19.5 Å². The highest BCUT2D eigenvalue weighted by atomic mass is 79.9. The summed E-state index contributed by atoms with van der Waals surface area (Å²) < 4.78 is 3.17. The maximum Gasteiger partial charge on any atom is 0.222 e. The topological polar surface area (TPSA) is 46.9 Å². The van der Waals surface area contributed by atoms with Gasteiger partial charge in [0.15, 0.2) is 0 Å². The fraction of sp³-hybridized carbons (Fsp3) is 0.176. The molecular formula is C17H16BrN3O. The van der Waals surface area contributed by atoms with Crippen molar-refractivity contribution in [1.29, 1.82) is 0 Å². The van der Waals surface area contributed by atoms with E-state index in [-0.39, 0.29) is 5.91 Å². The Kier molecular flexibility index (Phi) is 4.53. The van der Waals surface area contributed by atoms with Crippen molar-refractivity contribution < 1.29 is 4.79 Å². The number of fused-ring (bicyclic) bond motifs is 1. The summed E-state index contributed by atoms with van der Waals surface area (Å²) in [5.41, 5.74) is 2.00. The van der Waals surface area contributed by atoms with Gasteiger partial charge in [-0.25, -0.2) is 0 Å². The van der Waals surface area contributed by atoms with Crippen molar-refractivity contribution >= 4 is 32.7 Å². The molecule has 2 aromatic heterocycles. The first-order chi connectivity index (χ1) is 10.7. The van der Waals surface area contributed by atoms with Gasteiger partial charge in [0.05, 0.1) is 12.2 Å². The van der Waals surface area contributed by atoms with E-state index in [1.54, 1.807) is 6.20 Å². The minimum atomic E-state index is 0.0301. The van der Waals surface area contributed by atoms with Crippen LogP contribution in [0.15, 0.2) is 59.3 Å². The summed E-state index contributed by atoms with van der Waals surface area (Å²) in [7, 11) is 0. The number of nitrogens with zero attached hydrogens (tertiary/aromatic N) is 2. The second-order valence-electron chi connectivity index (χ2n) is 5.03. The van der Waals surface area contributed by atoms with Crippen molar-refractivity contribution in [3.05, 3.63) is 65.0 Å². The number of carbonyl (C=O) groups excluding carboxylic acids is 1. The Morgan fingerprint density at radius 2 is 2.09 bits per heavy atom. The molecule has 0 aliphatic carbocycles. The predicted octanol–water partition coefficient (Wildman–Crippen LogP) is 3.51. The highest BCUT2D eigenvalue weighted by molar-refractivity contribution is 9.10. The largest absolute Gasteiger partial charge is 0.350 e. The number of aryl methyl sites for hydroxylation is 1.